The Bertz CT molecular complexity index is 756. The van der Waals surface area contributed by atoms with Crippen LogP contribution in [-0.4, -0.2) is 15.9 Å². The highest BCUT2D eigenvalue weighted by molar-refractivity contribution is 5.90. The second kappa shape index (κ2) is 4.57. The van der Waals surface area contributed by atoms with Gasteiger partial charge in [0.05, 0.1) is 18.1 Å². The highest BCUT2D eigenvalue weighted by atomic mass is 15.4. The van der Waals surface area contributed by atoms with Crippen LogP contribution in [0.2, 0.25) is 0 Å². The first kappa shape index (κ1) is 11.5. The van der Waals surface area contributed by atoms with Crippen molar-refractivity contribution in [3.8, 4) is 0 Å². The van der Waals surface area contributed by atoms with Gasteiger partial charge in [0.2, 0.25) is 5.95 Å². The van der Waals surface area contributed by atoms with Crippen molar-refractivity contribution in [3.63, 3.8) is 0 Å². The molecule has 0 spiro atoms. The second-order valence-electron chi connectivity index (χ2n) is 4.44. The highest BCUT2D eigenvalue weighted by Gasteiger charge is 1.98. The first-order chi connectivity index (χ1) is 9.22. The highest BCUT2D eigenvalue weighted by Crippen LogP contribution is 2.14. The third kappa shape index (κ3) is 2.33. The minimum atomic E-state index is 0.398. The number of aryl methyl sites for hydroxylation is 1. The monoisotopic (exact) mass is 250 g/mol. The van der Waals surface area contributed by atoms with Crippen LogP contribution in [-0.2, 0) is 0 Å². The molecule has 0 radical (unpaired) electrons. The van der Waals surface area contributed by atoms with Gasteiger partial charge in [-0.15, -0.1) is 0 Å². The molecule has 0 aliphatic carbocycles. The molecule has 1 aromatic heterocycles. The van der Waals surface area contributed by atoms with E-state index < -0.39 is 0 Å². The van der Waals surface area contributed by atoms with Crippen molar-refractivity contribution in [2.24, 2.45) is 5.10 Å². The van der Waals surface area contributed by atoms with Crippen molar-refractivity contribution in [2.45, 2.75) is 6.92 Å². The molecule has 0 unspecified atom stereocenters. The topological polar surface area (TPSA) is 56.2 Å². The van der Waals surface area contributed by atoms with Crippen molar-refractivity contribution in [3.05, 3.63) is 59.9 Å². The lowest BCUT2D eigenvalue weighted by molar-refractivity contribution is 0.897. The molecule has 4 heteroatoms. The van der Waals surface area contributed by atoms with E-state index in [1.165, 1.54) is 10.8 Å². The molecule has 19 heavy (non-hydrogen) atoms. The lowest BCUT2D eigenvalue weighted by atomic mass is 10.1. The molecule has 0 saturated heterocycles. The predicted octanol–water partition coefficient (Wildman–Crippen LogP) is 2.81. The maximum Gasteiger partial charge on any atom is 0.221 e. The molecule has 2 aromatic carbocycles. The van der Waals surface area contributed by atoms with Crippen LogP contribution < -0.4 is 5.73 Å². The molecule has 0 amide bonds. The van der Waals surface area contributed by atoms with Crippen LogP contribution in [0.25, 0.3) is 10.8 Å². The average molecular weight is 250 g/mol. The van der Waals surface area contributed by atoms with Crippen molar-refractivity contribution in [1.82, 2.24) is 9.66 Å². The minimum absolute atomic E-state index is 0.398. The summed E-state index contributed by atoms with van der Waals surface area (Å²) in [5.74, 6) is 0.398. The van der Waals surface area contributed by atoms with E-state index in [0.717, 1.165) is 11.3 Å². The molecule has 0 fully saturated rings. The molecule has 94 valence electrons. The van der Waals surface area contributed by atoms with E-state index in [1.54, 1.807) is 17.1 Å². The Labute approximate surface area is 111 Å². The molecule has 1 heterocycles. The summed E-state index contributed by atoms with van der Waals surface area (Å²) in [7, 11) is 0. The number of rotatable bonds is 2. The third-order valence-electron chi connectivity index (χ3n) is 2.94. The Hall–Kier alpha value is -2.62. The molecule has 3 aromatic rings. The van der Waals surface area contributed by atoms with E-state index in [4.69, 9.17) is 5.73 Å². The van der Waals surface area contributed by atoms with Crippen LogP contribution >= 0.6 is 0 Å². The van der Waals surface area contributed by atoms with Gasteiger partial charge < -0.3 is 5.73 Å². The van der Waals surface area contributed by atoms with Crippen molar-refractivity contribution in [2.75, 3.05) is 5.73 Å². The van der Waals surface area contributed by atoms with Crippen LogP contribution in [0.1, 0.15) is 11.3 Å². The number of hydrogen-bond acceptors (Lipinski definition) is 3. The molecule has 0 aliphatic heterocycles. The molecule has 2 N–H and O–H groups in total. The normalized spacial score (nSPS) is 11.4. The fraction of sp³-hybridized carbons (Fsp3) is 0.0667. The molecular formula is C15H14N4. The van der Waals surface area contributed by atoms with Gasteiger partial charge in [0.15, 0.2) is 0 Å². The standard InChI is InChI=1S/C15H14N4/c1-11-10-19(15(16)18-11)17-9-12-6-7-13-4-2-3-5-14(13)8-12/h2-10H,1H3,(H2,16,18). The van der Waals surface area contributed by atoms with Crippen molar-refractivity contribution in [1.29, 1.82) is 0 Å². The van der Waals surface area contributed by atoms with Gasteiger partial charge in [-0.1, -0.05) is 36.4 Å². The average Bonchev–Trinajstić information content (AvgIpc) is 2.74. The number of aromatic nitrogens is 2. The Morgan fingerprint density at radius 3 is 2.68 bits per heavy atom. The van der Waals surface area contributed by atoms with Gasteiger partial charge in [-0.05, 0) is 29.3 Å². The molecule has 4 nitrogen and oxygen atoms in total. The van der Waals surface area contributed by atoms with Gasteiger partial charge in [-0.2, -0.15) is 5.10 Å². The number of benzene rings is 2. The van der Waals surface area contributed by atoms with Crippen molar-refractivity contribution >= 4 is 22.9 Å². The summed E-state index contributed by atoms with van der Waals surface area (Å²) in [6, 6.07) is 14.4. The fourth-order valence-electron chi connectivity index (χ4n) is 2.01. The van der Waals surface area contributed by atoms with Gasteiger partial charge in [0.25, 0.3) is 0 Å². The zero-order valence-corrected chi connectivity index (χ0v) is 10.6. The van der Waals surface area contributed by atoms with Gasteiger partial charge in [0.1, 0.15) is 0 Å². The minimum Gasteiger partial charge on any atom is -0.368 e. The predicted molar refractivity (Wildman–Crippen MR) is 78.3 cm³/mol. The second-order valence-corrected chi connectivity index (χ2v) is 4.44. The summed E-state index contributed by atoms with van der Waals surface area (Å²) in [5, 5.41) is 6.72. The van der Waals surface area contributed by atoms with Gasteiger partial charge in [-0.3, -0.25) is 0 Å². The molecule has 0 aliphatic rings. The van der Waals surface area contributed by atoms with Crippen LogP contribution in [0.5, 0.6) is 0 Å². The Balaban J connectivity index is 1.94. The molecule has 0 saturated carbocycles. The number of anilines is 1. The van der Waals surface area contributed by atoms with E-state index in [-0.39, 0.29) is 0 Å². The summed E-state index contributed by atoms with van der Waals surface area (Å²) in [6.07, 6.45) is 3.58. The van der Waals surface area contributed by atoms with Crippen LogP contribution in [0.4, 0.5) is 5.95 Å². The zero-order valence-electron chi connectivity index (χ0n) is 10.6. The lowest BCUT2D eigenvalue weighted by Gasteiger charge is -1.99. The first-order valence-electron chi connectivity index (χ1n) is 6.07. The Morgan fingerprint density at radius 1 is 1.16 bits per heavy atom. The molecule has 0 atom stereocenters. The third-order valence-corrected chi connectivity index (χ3v) is 2.94. The molecular weight excluding hydrogens is 236 g/mol. The summed E-state index contributed by atoms with van der Waals surface area (Å²) in [4.78, 5) is 4.10. The zero-order chi connectivity index (χ0) is 13.2. The molecule has 0 bridgehead atoms. The fourth-order valence-corrected chi connectivity index (χ4v) is 2.01. The number of nitrogens with two attached hydrogens (primary N) is 1. The number of nitrogens with zero attached hydrogens (tertiary/aromatic N) is 3. The van der Waals surface area contributed by atoms with Crippen LogP contribution in [0, 0.1) is 6.92 Å². The van der Waals surface area contributed by atoms with Crippen LogP contribution in [0.3, 0.4) is 0 Å². The maximum atomic E-state index is 5.73. The number of nitrogen functional groups attached to an aromatic ring is 1. The number of imidazole rings is 1. The van der Waals surface area contributed by atoms with Crippen molar-refractivity contribution < 1.29 is 0 Å². The maximum absolute atomic E-state index is 5.73. The van der Waals surface area contributed by atoms with Crippen LogP contribution in [0.15, 0.2) is 53.8 Å². The summed E-state index contributed by atoms with van der Waals surface area (Å²) < 4.78 is 1.57. The Kier molecular flexibility index (Phi) is 2.76. The summed E-state index contributed by atoms with van der Waals surface area (Å²) in [6.45, 7) is 1.89. The SMILES string of the molecule is Cc1cn(N=Cc2ccc3ccccc3c2)c(N)n1. The van der Waals surface area contributed by atoms with E-state index >= 15 is 0 Å². The van der Waals surface area contributed by atoms with Gasteiger partial charge >= 0.3 is 0 Å². The lowest BCUT2D eigenvalue weighted by Crippen LogP contribution is -1.96. The first-order valence-corrected chi connectivity index (χ1v) is 6.07. The van der Waals surface area contributed by atoms with E-state index in [1.807, 2.05) is 25.1 Å². The number of hydrogen-bond donors (Lipinski definition) is 1. The summed E-state index contributed by atoms with van der Waals surface area (Å²) in [5.41, 5.74) is 7.62. The number of fused-ring (bicyclic) bond motifs is 1. The van der Waals surface area contributed by atoms with E-state index in [2.05, 4.69) is 34.4 Å². The summed E-state index contributed by atoms with van der Waals surface area (Å²) >= 11 is 0. The van der Waals surface area contributed by atoms with E-state index in [9.17, 15) is 0 Å². The largest absolute Gasteiger partial charge is 0.368 e. The van der Waals surface area contributed by atoms with E-state index in [0.29, 0.717) is 5.95 Å². The van der Waals surface area contributed by atoms with Gasteiger partial charge in [-0.25, -0.2) is 9.66 Å². The molecule has 3 rings (SSSR count). The quantitative estimate of drug-likeness (QED) is 0.711. The smallest absolute Gasteiger partial charge is 0.221 e. The Morgan fingerprint density at radius 2 is 1.95 bits per heavy atom. The van der Waals surface area contributed by atoms with Gasteiger partial charge in [0, 0.05) is 0 Å².